The summed E-state index contributed by atoms with van der Waals surface area (Å²) in [5, 5.41) is 7.96. The minimum absolute atomic E-state index is 0.350. The summed E-state index contributed by atoms with van der Waals surface area (Å²) in [4.78, 5) is 11.1. The van der Waals surface area contributed by atoms with Gasteiger partial charge in [0.15, 0.2) is 0 Å². The van der Waals surface area contributed by atoms with Crippen LogP contribution in [-0.2, 0) is 11.2 Å². The molecule has 0 aromatic carbocycles. The average molecular weight is 278 g/mol. The van der Waals surface area contributed by atoms with Crippen molar-refractivity contribution in [2.75, 3.05) is 31.6 Å². The third-order valence-corrected chi connectivity index (χ3v) is 4.43. The summed E-state index contributed by atoms with van der Waals surface area (Å²) >= 11 is 1.74. The highest BCUT2D eigenvalue weighted by Gasteiger charge is 2.14. The molecule has 0 saturated carbocycles. The average Bonchev–Trinajstić information content (AvgIpc) is 2.90. The van der Waals surface area contributed by atoms with E-state index in [2.05, 4.69) is 33.6 Å². The fourth-order valence-corrected chi connectivity index (χ4v) is 3.13. The van der Waals surface area contributed by atoms with E-state index < -0.39 is 0 Å². The zero-order chi connectivity index (χ0) is 13.1. The van der Waals surface area contributed by atoms with E-state index in [4.69, 9.17) is 4.74 Å². The van der Waals surface area contributed by atoms with E-state index in [1.807, 2.05) is 0 Å². The quantitative estimate of drug-likeness (QED) is 0.890. The molecule has 2 aromatic heterocycles. The van der Waals surface area contributed by atoms with Gasteiger partial charge in [-0.05, 0) is 12.5 Å². The summed E-state index contributed by atoms with van der Waals surface area (Å²) in [5.41, 5.74) is 0. The maximum Gasteiger partial charge on any atom is 0.138 e. The van der Waals surface area contributed by atoms with Crippen molar-refractivity contribution in [2.24, 2.45) is 0 Å². The standard InChI is InChI=1S/C13H18N4OS/c1-2-10-5-11-12(16-8-17-13(11)19-10)15-6-9-7-18-4-3-14-9/h5,8-9,14H,2-4,6-7H2,1H3,(H,15,16,17). The van der Waals surface area contributed by atoms with E-state index in [0.29, 0.717) is 6.04 Å². The monoisotopic (exact) mass is 278 g/mol. The van der Waals surface area contributed by atoms with Crippen LogP contribution in [0, 0.1) is 0 Å². The maximum atomic E-state index is 5.45. The van der Waals surface area contributed by atoms with Gasteiger partial charge in [-0.1, -0.05) is 6.92 Å². The highest BCUT2D eigenvalue weighted by molar-refractivity contribution is 7.18. The lowest BCUT2D eigenvalue weighted by Crippen LogP contribution is -2.45. The summed E-state index contributed by atoms with van der Waals surface area (Å²) in [6, 6.07) is 2.54. The molecule has 1 aliphatic heterocycles. The van der Waals surface area contributed by atoms with Gasteiger partial charge < -0.3 is 15.4 Å². The molecule has 3 heterocycles. The van der Waals surface area contributed by atoms with Crippen LogP contribution in [-0.4, -0.2) is 42.3 Å². The smallest absolute Gasteiger partial charge is 0.138 e. The van der Waals surface area contributed by atoms with Gasteiger partial charge >= 0.3 is 0 Å². The van der Waals surface area contributed by atoms with Crippen LogP contribution in [0.2, 0.25) is 0 Å². The lowest BCUT2D eigenvalue weighted by Gasteiger charge is -2.24. The van der Waals surface area contributed by atoms with E-state index in [0.717, 1.165) is 48.8 Å². The van der Waals surface area contributed by atoms with Gasteiger partial charge in [-0.15, -0.1) is 11.3 Å². The number of hydrogen-bond acceptors (Lipinski definition) is 6. The predicted molar refractivity (Wildman–Crippen MR) is 77.9 cm³/mol. The van der Waals surface area contributed by atoms with Crippen molar-refractivity contribution in [1.82, 2.24) is 15.3 Å². The molecule has 6 heteroatoms. The first-order valence-corrected chi connectivity index (χ1v) is 7.47. The lowest BCUT2D eigenvalue weighted by atomic mass is 10.2. The van der Waals surface area contributed by atoms with Gasteiger partial charge in [-0.3, -0.25) is 0 Å². The first kappa shape index (κ1) is 12.8. The fraction of sp³-hybridized carbons (Fsp3) is 0.538. The van der Waals surface area contributed by atoms with Gasteiger partial charge in [-0.2, -0.15) is 0 Å². The predicted octanol–water partition coefficient (Wildman–Crippen LogP) is 1.65. The van der Waals surface area contributed by atoms with Gasteiger partial charge in [0.2, 0.25) is 0 Å². The summed E-state index contributed by atoms with van der Waals surface area (Å²) in [6.07, 6.45) is 2.67. The number of morpholine rings is 1. The first-order chi connectivity index (χ1) is 9.36. The second-order valence-electron chi connectivity index (χ2n) is 4.61. The lowest BCUT2D eigenvalue weighted by molar-refractivity contribution is 0.0806. The molecule has 3 rings (SSSR count). The van der Waals surface area contributed by atoms with Gasteiger partial charge in [0.05, 0.1) is 18.6 Å². The molecular weight excluding hydrogens is 260 g/mol. The summed E-state index contributed by atoms with van der Waals surface area (Å²) in [7, 11) is 0. The Morgan fingerprint density at radius 2 is 2.47 bits per heavy atom. The first-order valence-electron chi connectivity index (χ1n) is 6.65. The minimum Gasteiger partial charge on any atom is -0.378 e. The van der Waals surface area contributed by atoms with Crippen molar-refractivity contribution in [3.63, 3.8) is 0 Å². The van der Waals surface area contributed by atoms with Gasteiger partial charge in [-0.25, -0.2) is 9.97 Å². The van der Waals surface area contributed by atoms with Crippen molar-refractivity contribution < 1.29 is 4.74 Å². The molecule has 1 unspecified atom stereocenters. The van der Waals surface area contributed by atoms with E-state index >= 15 is 0 Å². The number of nitrogens with zero attached hydrogens (tertiary/aromatic N) is 2. The summed E-state index contributed by atoms with van der Waals surface area (Å²) in [5.74, 6) is 0.924. The van der Waals surface area contributed by atoms with Crippen molar-refractivity contribution >= 4 is 27.4 Å². The number of aromatic nitrogens is 2. The molecule has 1 aliphatic rings. The highest BCUT2D eigenvalue weighted by atomic mass is 32.1. The van der Waals surface area contributed by atoms with E-state index in [9.17, 15) is 0 Å². The van der Waals surface area contributed by atoms with Gasteiger partial charge in [0, 0.05) is 24.0 Å². The van der Waals surface area contributed by atoms with Crippen LogP contribution in [0.25, 0.3) is 10.2 Å². The Balaban J connectivity index is 1.74. The number of ether oxygens (including phenoxy) is 1. The molecule has 5 nitrogen and oxygen atoms in total. The normalized spacial score (nSPS) is 19.7. The van der Waals surface area contributed by atoms with Crippen LogP contribution in [0.15, 0.2) is 12.4 Å². The van der Waals surface area contributed by atoms with Crippen LogP contribution in [0.1, 0.15) is 11.8 Å². The Labute approximate surface area is 116 Å². The summed E-state index contributed by atoms with van der Waals surface area (Å²) in [6.45, 7) is 5.46. The molecule has 19 heavy (non-hydrogen) atoms. The van der Waals surface area contributed by atoms with Crippen LogP contribution >= 0.6 is 11.3 Å². The third-order valence-electron chi connectivity index (χ3n) is 3.24. The van der Waals surface area contributed by atoms with Crippen molar-refractivity contribution in [3.8, 4) is 0 Å². The van der Waals surface area contributed by atoms with Crippen molar-refractivity contribution in [1.29, 1.82) is 0 Å². The number of fused-ring (bicyclic) bond motifs is 1. The van der Waals surface area contributed by atoms with E-state index in [1.165, 1.54) is 4.88 Å². The Bertz CT molecular complexity index is 551. The van der Waals surface area contributed by atoms with E-state index in [1.54, 1.807) is 17.7 Å². The number of rotatable bonds is 4. The van der Waals surface area contributed by atoms with Crippen molar-refractivity contribution in [2.45, 2.75) is 19.4 Å². The SMILES string of the molecule is CCc1cc2c(NCC3COCCN3)ncnc2s1. The van der Waals surface area contributed by atoms with Crippen LogP contribution in [0.5, 0.6) is 0 Å². The molecule has 0 bridgehead atoms. The Morgan fingerprint density at radius 3 is 3.26 bits per heavy atom. The number of hydrogen-bond donors (Lipinski definition) is 2. The highest BCUT2D eigenvalue weighted by Crippen LogP contribution is 2.28. The Kier molecular flexibility index (Phi) is 3.91. The zero-order valence-electron chi connectivity index (χ0n) is 11.0. The summed E-state index contributed by atoms with van der Waals surface area (Å²) < 4.78 is 5.45. The molecule has 0 aliphatic carbocycles. The van der Waals surface area contributed by atoms with Crippen LogP contribution in [0.4, 0.5) is 5.82 Å². The number of nitrogens with one attached hydrogen (secondary N) is 2. The third kappa shape index (κ3) is 2.86. The molecule has 2 N–H and O–H groups in total. The van der Waals surface area contributed by atoms with Gasteiger partial charge in [0.1, 0.15) is 17.0 Å². The van der Waals surface area contributed by atoms with Crippen LogP contribution in [0.3, 0.4) is 0 Å². The van der Waals surface area contributed by atoms with Gasteiger partial charge in [0.25, 0.3) is 0 Å². The molecule has 0 radical (unpaired) electrons. The molecule has 0 spiro atoms. The zero-order valence-corrected chi connectivity index (χ0v) is 11.8. The molecule has 1 atom stereocenters. The molecule has 1 fully saturated rings. The number of thiophene rings is 1. The molecule has 102 valence electrons. The number of aryl methyl sites for hydroxylation is 1. The number of anilines is 1. The molecule has 0 amide bonds. The second-order valence-corrected chi connectivity index (χ2v) is 5.73. The second kappa shape index (κ2) is 5.81. The topological polar surface area (TPSA) is 59.1 Å². The van der Waals surface area contributed by atoms with Crippen LogP contribution < -0.4 is 10.6 Å². The minimum atomic E-state index is 0.350. The van der Waals surface area contributed by atoms with Crippen molar-refractivity contribution in [3.05, 3.63) is 17.3 Å². The Morgan fingerprint density at radius 1 is 1.53 bits per heavy atom. The Hall–Kier alpha value is -1.24. The molecule has 2 aromatic rings. The molecule has 1 saturated heterocycles. The fourth-order valence-electron chi connectivity index (χ4n) is 2.19. The maximum absolute atomic E-state index is 5.45. The largest absolute Gasteiger partial charge is 0.378 e. The van der Waals surface area contributed by atoms with E-state index in [-0.39, 0.29) is 0 Å². The molecular formula is C13H18N4OS.